The second kappa shape index (κ2) is 6.28. The summed E-state index contributed by atoms with van der Waals surface area (Å²) in [5.74, 6) is 0. The maximum absolute atomic E-state index is 6.29. The third-order valence-corrected chi connectivity index (χ3v) is 5.09. The van der Waals surface area contributed by atoms with Crippen LogP contribution in [0.1, 0.15) is 56.3 Å². The molecule has 0 radical (unpaired) electrons. The van der Waals surface area contributed by atoms with E-state index in [1.54, 1.807) is 0 Å². The molecule has 1 saturated heterocycles. The summed E-state index contributed by atoms with van der Waals surface area (Å²) in [5.41, 5.74) is 3.14. The van der Waals surface area contributed by atoms with Crippen LogP contribution in [-0.4, -0.2) is 19.7 Å². The number of benzene rings is 1. The van der Waals surface area contributed by atoms with Crippen LogP contribution in [0.3, 0.4) is 0 Å². The van der Waals surface area contributed by atoms with Gasteiger partial charge in [-0.05, 0) is 30.4 Å². The highest BCUT2D eigenvalue weighted by molar-refractivity contribution is 5.24. The van der Waals surface area contributed by atoms with E-state index in [-0.39, 0.29) is 6.10 Å². The highest BCUT2D eigenvalue weighted by Gasteiger charge is 2.35. The molecule has 0 bridgehead atoms. The van der Waals surface area contributed by atoms with Gasteiger partial charge in [0.2, 0.25) is 0 Å². The van der Waals surface area contributed by atoms with Crippen LogP contribution in [-0.2, 0) is 11.2 Å². The summed E-state index contributed by atoms with van der Waals surface area (Å²) in [6, 6.07) is 8.95. The largest absolute Gasteiger partial charge is 0.372 e. The van der Waals surface area contributed by atoms with Crippen LogP contribution in [0.25, 0.3) is 0 Å². The van der Waals surface area contributed by atoms with E-state index in [1.165, 1.54) is 43.2 Å². The van der Waals surface area contributed by atoms with Gasteiger partial charge in [0.1, 0.15) is 0 Å². The van der Waals surface area contributed by atoms with E-state index in [1.807, 2.05) is 0 Å². The van der Waals surface area contributed by atoms with Gasteiger partial charge in [-0.25, -0.2) is 0 Å². The lowest BCUT2D eigenvalue weighted by molar-refractivity contribution is -0.00141. The van der Waals surface area contributed by atoms with Crippen LogP contribution < -0.4 is 5.32 Å². The molecule has 0 amide bonds. The van der Waals surface area contributed by atoms with E-state index in [4.69, 9.17) is 4.74 Å². The van der Waals surface area contributed by atoms with Gasteiger partial charge in [0, 0.05) is 18.5 Å². The third kappa shape index (κ3) is 3.07. The Morgan fingerprint density at radius 3 is 2.60 bits per heavy atom. The number of hydrogen-bond acceptors (Lipinski definition) is 2. The van der Waals surface area contributed by atoms with Crippen molar-refractivity contribution in [2.24, 2.45) is 5.41 Å². The molecule has 2 heteroatoms. The molecular weight excluding hydrogens is 246 g/mol. The van der Waals surface area contributed by atoms with Crippen LogP contribution in [0.5, 0.6) is 0 Å². The maximum Gasteiger partial charge on any atom is 0.0949 e. The molecule has 1 aliphatic heterocycles. The molecule has 1 N–H and O–H groups in total. The Kier molecular flexibility index (Phi) is 4.42. The van der Waals surface area contributed by atoms with E-state index >= 15 is 0 Å². The molecule has 0 aromatic heterocycles. The van der Waals surface area contributed by atoms with Crippen LogP contribution in [0.4, 0.5) is 0 Å². The molecule has 1 heterocycles. The Hall–Kier alpha value is -0.860. The molecule has 2 aliphatic rings. The highest BCUT2D eigenvalue weighted by Crippen LogP contribution is 2.38. The molecular formula is C18H27NO. The van der Waals surface area contributed by atoms with Crippen molar-refractivity contribution in [3.05, 3.63) is 35.4 Å². The first kappa shape index (κ1) is 14.1. The van der Waals surface area contributed by atoms with E-state index in [0.717, 1.165) is 26.1 Å². The fourth-order valence-electron chi connectivity index (χ4n) is 3.66. The zero-order valence-corrected chi connectivity index (χ0v) is 12.7. The standard InChI is InChI=1S/C18H27NO/c1-2-15-6-8-16(9-7-15)17-12-19-13-18(14-20-17)10-4-3-5-11-18/h6-9,17,19H,2-5,10-14H2,1H3. The lowest BCUT2D eigenvalue weighted by Crippen LogP contribution is -2.37. The molecule has 3 rings (SSSR count). The summed E-state index contributed by atoms with van der Waals surface area (Å²) in [5, 5.41) is 3.66. The van der Waals surface area contributed by atoms with Gasteiger partial charge in [0.05, 0.1) is 12.7 Å². The van der Waals surface area contributed by atoms with E-state index in [0.29, 0.717) is 5.41 Å². The van der Waals surface area contributed by atoms with Crippen LogP contribution in [0.2, 0.25) is 0 Å². The van der Waals surface area contributed by atoms with Crippen LogP contribution in [0, 0.1) is 5.41 Å². The van der Waals surface area contributed by atoms with Crippen molar-refractivity contribution < 1.29 is 4.74 Å². The fourth-order valence-corrected chi connectivity index (χ4v) is 3.66. The topological polar surface area (TPSA) is 21.3 Å². The van der Waals surface area contributed by atoms with E-state index < -0.39 is 0 Å². The van der Waals surface area contributed by atoms with Crippen LogP contribution >= 0.6 is 0 Å². The van der Waals surface area contributed by atoms with Gasteiger partial charge in [-0.1, -0.05) is 50.5 Å². The monoisotopic (exact) mass is 273 g/mol. The molecule has 1 spiro atoms. The maximum atomic E-state index is 6.29. The minimum Gasteiger partial charge on any atom is -0.372 e. The normalized spacial score (nSPS) is 26.4. The number of hydrogen-bond donors (Lipinski definition) is 1. The second-order valence-electron chi connectivity index (χ2n) is 6.59. The minimum absolute atomic E-state index is 0.224. The lowest BCUT2D eigenvalue weighted by atomic mass is 9.74. The average molecular weight is 273 g/mol. The van der Waals surface area contributed by atoms with Crippen molar-refractivity contribution >= 4 is 0 Å². The van der Waals surface area contributed by atoms with Crippen molar-refractivity contribution in [2.45, 2.75) is 51.6 Å². The SMILES string of the molecule is CCc1ccc(C2CNCC3(CCCCC3)CO2)cc1. The first-order valence-corrected chi connectivity index (χ1v) is 8.22. The summed E-state index contributed by atoms with van der Waals surface area (Å²) >= 11 is 0. The molecule has 1 aromatic carbocycles. The van der Waals surface area contributed by atoms with Gasteiger partial charge in [-0.2, -0.15) is 0 Å². The number of rotatable bonds is 2. The molecule has 1 unspecified atom stereocenters. The molecule has 1 aliphatic carbocycles. The molecule has 1 aromatic rings. The van der Waals surface area contributed by atoms with Crippen LogP contribution in [0.15, 0.2) is 24.3 Å². The van der Waals surface area contributed by atoms with Gasteiger partial charge in [-0.15, -0.1) is 0 Å². The molecule has 2 fully saturated rings. The Morgan fingerprint density at radius 1 is 1.15 bits per heavy atom. The van der Waals surface area contributed by atoms with E-state index in [2.05, 4.69) is 36.5 Å². The zero-order chi connectivity index (χ0) is 13.8. The predicted molar refractivity (Wildman–Crippen MR) is 82.9 cm³/mol. The molecule has 1 saturated carbocycles. The third-order valence-electron chi connectivity index (χ3n) is 5.09. The summed E-state index contributed by atoms with van der Waals surface area (Å²) in [7, 11) is 0. The van der Waals surface area contributed by atoms with E-state index in [9.17, 15) is 0 Å². The van der Waals surface area contributed by atoms with Crippen molar-refractivity contribution in [1.82, 2.24) is 5.32 Å². The quantitative estimate of drug-likeness (QED) is 0.883. The van der Waals surface area contributed by atoms with Gasteiger partial charge in [0.15, 0.2) is 0 Å². The summed E-state index contributed by atoms with van der Waals surface area (Å²) in [6.45, 7) is 5.22. The van der Waals surface area contributed by atoms with Crippen molar-refractivity contribution in [2.75, 3.05) is 19.7 Å². The van der Waals surface area contributed by atoms with Crippen molar-refractivity contribution in [3.63, 3.8) is 0 Å². The molecule has 110 valence electrons. The summed E-state index contributed by atoms with van der Waals surface area (Å²) < 4.78 is 6.29. The fraction of sp³-hybridized carbons (Fsp3) is 0.667. The first-order chi connectivity index (χ1) is 9.81. The van der Waals surface area contributed by atoms with Gasteiger partial charge in [0.25, 0.3) is 0 Å². The molecule has 2 nitrogen and oxygen atoms in total. The summed E-state index contributed by atoms with van der Waals surface area (Å²) in [4.78, 5) is 0. The predicted octanol–water partition coefficient (Wildman–Crippen LogP) is 3.86. The Labute approximate surface area is 122 Å². The number of ether oxygens (including phenoxy) is 1. The Balaban J connectivity index is 1.66. The van der Waals surface area contributed by atoms with Crippen molar-refractivity contribution in [3.8, 4) is 0 Å². The average Bonchev–Trinajstić information content (AvgIpc) is 2.71. The summed E-state index contributed by atoms with van der Waals surface area (Å²) in [6.07, 6.45) is 8.16. The van der Waals surface area contributed by atoms with Crippen molar-refractivity contribution in [1.29, 1.82) is 0 Å². The van der Waals surface area contributed by atoms with Gasteiger partial charge >= 0.3 is 0 Å². The Bertz CT molecular complexity index is 420. The van der Waals surface area contributed by atoms with Gasteiger partial charge in [-0.3, -0.25) is 0 Å². The number of aryl methyl sites for hydroxylation is 1. The molecule has 20 heavy (non-hydrogen) atoms. The lowest BCUT2D eigenvalue weighted by Gasteiger charge is -2.35. The minimum atomic E-state index is 0.224. The number of nitrogens with one attached hydrogen (secondary N) is 1. The second-order valence-corrected chi connectivity index (χ2v) is 6.59. The highest BCUT2D eigenvalue weighted by atomic mass is 16.5. The Morgan fingerprint density at radius 2 is 1.90 bits per heavy atom. The zero-order valence-electron chi connectivity index (χ0n) is 12.7. The first-order valence-electron chi connectivity index (χ1n) is 8.22. The molecule has 1 atom stereocenters. The van der Waals surface area contributed by atoms with Gasteiger partial charge < -0.3 is 10.1 Å². The smallest absolute Gasteiger partial charge is 0.0949 e.